The van der Waals surface area contributed by atoms with Gasteiger partial charge in [-0.3, -0.25) is 4.79 Å². The minimum absolute atomic E-state index is 0.0347. The Morgan fingerprint density at radius 3 is 2.72 bits per heavy atom. The quantitative estimate of drug-likeness (QED) is 0.786. The average Bonchev–Trinajstić information content (AvgIpc) is 2.27. The van der Waals surface area contributed by atoms with Gasteiger partial charge in [0.05, 0.1) is 12.1 Å². The number of hydrogen-bond acceptors (Lipinski definition) is 3. The highest BCUT2D eigenvalue weighted by Gasteiger charge is 2.31. The maximum Gasteiger partial charge on any atom is 0.223 e. The third kappa shape index (κ3) is 4.58. The molecule has 1 rings (SSSR count). The predicted octanol–water partition coefficient (Wildman–Crippen LogP) is 1.68. The summed E-state index contributed by atoms with van der Waals surface area (Å²) >= 11 is 0. The second-order valence-corrected chi connectivity index (χ2v) is 6.28. The zero-order valence-electron chi connectivity index (χ0n) is 12.2. The van der Waals surface area contributed by atoms with Crippen molar-refractivity contribution in [3.05, 3.63) is 0 Å². The molecule has 3 N–H and O–H groups in total. The van der Waals surface area contributed by atoms with Crippen LogP contribution in [0.1, 0.15) is 46.5 Å². The lowest BCUT2D eigenvalue weighted by Gasteiger charge is -2.33. The van der Waals surface area contributed by atoms with Gasteiger partial charge in [0.25, 0.3) is 0 Å². The molecule has 0 radical (unpaired) electrons. The summed E-state index contributed by atoms with van der Waals surface area (Å²) in [7, 11) is 1.65. The summed E-state index contributed by atoms with van der Waals surface area (Å²) in [6.07, 6.45) is 4.33. The van der Waals surface area contributed by atoms with E-state index in [2.05, 4.69) is 5.32 Å². The zero-order chi connectivity index (χ0) is 13.8. The molecule has 18 heavy (non-hydrogen) atoms. The number of nitrogens with two attached hydrogens (primary N) is 1. The Labute approximate surface area is 111 Å². The fourth-order valence-electron chi connectivity index (χ4n) is 2.78. The Bertz CT molecular complexity index is 279. The standard InChI is InChI=1S/C14H28N2O2/c1-10(11-6-5-7-12(15)8-11)13(17)16-14(2,3)9-18-4/h10-12H,5-9,15H2,1-4H3,(H,16,17). The van der Waals surface area contributed by atoms with Crippen LogP contribution in [0.4, 0.5) is 0 Å². The molecule has 0 bridgehead atoms. The lowest BCUT2D eigenvalue weighted by atomic mass is 9.78. The van der Waals surface area contributed by atoms with Crippen LogP contribution in [-0.4, -0.2) is 31.2 Å². The van der Waals surface area contributed by atoms with Crippen LogP contribution in [0.5, 0.6) is 0 Å². The van der Waals surface area contributed by atoms with E-state index in [4.69, 9.17) is 10.5 Å². The third-order valence-corrected chi connectivity index (χ3v) is 3.84. The van der Waals surface area contributed by atoms with Gasteiger partial charge in [-0.2, -0.15) is 0 Å². The van der Waals surface area contributed by atoms with Crippen molar-refractivity contribution in [2.75, 3.05) is 13.7 Å². The number of rotatable bonds is 5. The second-order valence-electron chi connectivity index (χ2n) is 6.28. The van der Waals surface area contributed by atoms with Crippen LogP contribution in [0.25, 0.3) is 0 Å². The molecule has 1 aliphatic rings. The van der Waals surface area contributed by atoms with Gasteiger partial charge < -0.3 is 15.8 Å². The van der Waals surface area contributed by atoms with E-state index in [1.807, 2.05) is 20.8 Å². The van der Waals surface area contributed by atoms with E-state index in [1.54, 1.807) is 7.11 Å². The van der Waals surface area contributed by atoms with Crippen molar-refractivity contribution in [3.8, 4) is 0 Å². The van der Waals surface area contributed by atoms with E-state index in [0.717, 1.165) is 25.7 Å². The molecule has 1 aliphatic carbocycles. The Kier molecular flexibility index (Phi) is 5.60. The predicted molar refractivity (Wildman–Crippen MR) is 73.2 cm³/mol. The van der Waals surface area contributed by atoms with Gasteiger partial charge in [-0.1, -0.05) is 13.3 Å². The fourth-order valence-corrected chi connectivity index (χ4v) is 2.78. The Morgan fingerprint density at radius 2 is 2.17 bits per heavy atom. The molecule has 0 spiro atoms. The van der Waals surface area contributed by atoms with Gasteiger partial charge in [0.15, 0.2) is 0 Å². The van der Waals surface area contributed by atoms with Crippen LogP contribution in [0, 0.1) is 11.8 Å². The molecule has 0 aliphatic heterocycles. The first-order chi connectivity index (χ1) is 8.35. The van der Waals surface area contributed by atoms with Crippen molar-refractivity contribution in [2.45, 2.75) is 58.0 Å². The SMILES string of the molecule is COCC(C)(C)NC(=O)C(C)C1CCCC(N)C1. The van der Waals surface area contributed by atoms with Gasteiger partial charge in [-0.25, -0.2) is 0 Å². The summed E-state index contributed by atoms with van der Waals surface area (Å²) in [5.74, 6) is 0.579. The topological polar surface area (TPSA) is 64.3 Å². The van der Waals surface area contributed by atoms with Gasteiger partial charge in [0.2, 0.25) is 5.91 Å². The highest BCUT2D eigenvalue weighted by atomic mass is 16.5. The molecule has 4 nitrogen and oxygen atoms in total. The van der Waals surface area contributed by atoms with E-state index >= 15 is 0 Å². The van der Waals surface area contributed by atoms with Gasteiger partial charge in [0.1, 0.15) is 0 Å². The smallest absolute Gasteiger partial charge is 0.223 e. The van der Waals surface area contributed by atoms with Gasteiger partial charge in [-0.15, -0.1) is 0 Å². The molecule has 4 heteroatoms. The molecule has 0 heterocycles. The Balaban J connectivity index is 2.50. The van der Waals surface area contributed by atoms with Crippen LogP contribution in [0.3, 0.4) is 0 Å². The molecular formula is C14H28N2O2. The minimum Gasteiger partial charge on any atom is -0.382 e. The number of carbonyl (C=O) groups excluding carboxylic acids is 1. The fraction of sp³-hybridized carbons (Fsp3) is 0.929. The van der Waals surface area contributed by atoms with Crippen molar-refractivity contribution < 1.29 is 9.53 Å². The number of hydrogen-bond donors (Lipinski definition) is 2. The second kappa shape index (κ2) is 6.53. The lowest BCUT2D eigenvalue weighted by molar-refractivity contribution is -0.128. The highest BCUT2D eigenvalue weighted by Crippen LogP contribution is 2.29. The van der Waals surface area contributed by atoms with Crippen molar-refractivity contribution in [1.82, 2.24) is 5.32 Å². The molecule has 0 aromatic heterocycles. The van der Waals surface area contributed by atoms with Crippen LogP contribution in [0.2, 0.25) is 0 Å². The summed E-state index contributed by atoms with van der Waals surface area (Å²) in [6.45, 7) is 6.50. The summed E-state index contributed by atoms with van der Waals surface area (Å²) in [4.78, 5) is 12.2. The van der Waals surface area contributed by atoms with Crippen molar-refractivity contribution in [2.24, 2.45) is 17.6 Å². The number of methoxy groups -OCH3 is 1. The molecule has 0 saturated heterocycles. The molecule has 1 amide bonds. The molecule has 1 fully saturated rings. The van der Waals surface area contributed by atoms with E-state index in [9.17, 15) is 4.79 Å². The van der Waals surface area contributed by atoms with Crippen LogP contribution >= 0.6 is 0 Å². The highest BCUT2D eigenvalue weighted by molar-refractivity contribution is 5.79. The minimum atomic E-state index is -0.309. The lowest BCUT2D eigenvalue weighted by Crippen LogP contribution is -2.50. The van der Waals surface area contributed by atoms with Crippen LogP contribution in [-0.2, 0) is 9.53 Å². The average molecular weight is 256 g/mol. The van der Waals surface area contributed by atoms with E-state index in [0.29, 0.717) is 12.5 Å². The number of nitrogens with one attached hydrogen (secondary N) is 1. The first-order valence-electron chi connectivity index (χ1n) is 6.92. The van der Waals surface area contributed by atoms with Crippen LogP contribution < -0.4 is 11.1 Å². The Hall–Kier alpha value is -0.610. The van der Waals surface area contributed by atoms with Gasteiger partial charge in [0, 0.05) is 19.1 Å². The summed E-state index contributed by atoms with van der Waals surface area (Å²) in [5.41, 5.74) is 5.68. The number of amides is 1. The molecule has 3 atom stereocenters. The monoisotopic (exact) mass is 256 g/mol. The summed E-state index contributed by atoms with van der Waals surface area (Å²) in [6, 6.07) is 0.269. The maximum atomic E-state index is 12.2. The van der Waals surface area contributed by atoms with Crippen LogP contribution in [0.15, 0.2) is 0 Å². The largest absolute Gasteiger partial charge is 0.382 e. The van der Waals surface area contributed by atoms with Crippen molar-refractivity contribution in [3.63, 3.8) is 0 Å². The van der Waals surface area contributed by atoms with E-state index < -0.39 is 0 Å². The van der Waals surface area contributed by atoms with Gasteiger partial charge in [-0.05, 0) is 39.0 Å². The normalized spacial score (nSPS) is 26.7. The third-order valence-electron chi connectivity index (χ3n) is 3.84. The van der Waals surface area contributed by atoms with Crippen molar-refractivity contribution >= 4 is 5.91 Å². The molecule has 1 saturated carbocycles. The first-order valence-corrected chi connectivity index (χ1v) is 6.92. The van der Waals surface area contributed by atoms with Gasteiger partial charge >= 0.3 is 0 Å². The molecule has 0 aromatic rings. The zero-order valence-corrected chi connectivity index (χ0v) is 12.2. The first kappa shape index (κ1) is 15.4. The number of carbonyl (C=O) groups is 1. The van der Waals surface area contributed by atoms with E-state index in [1.165, 1.54) is 0 Å². The maximum absolute atomic E-state index is 12.2. The van der Waals surface area contributed by atoms with Crippen molar-refractivity contribution in [1.29, 1.82) is 0 Å². The molecular weight excluding hydrogens is 228 g/mol. The molecule has 106 valence electrons. The Morgan fingerprint density at radius 1 is 1.50 bits per heavy atom. The molecule has 0 aromatic carbocycles. The number of ether oxygens (including phenoxy) is 1. The van der Waals surface area contributed by atoms with E-state index in [-0.39, 0.29) is 23.4 Å². The summed E-state index contributed by atoms with van der Waals surface area (Å²) < 4.78 is 5.12. The summed E-state index contributed by atoms with van der Waals surface area (Å²) in [5, 5.41) is 3.06. The molecule has 3 unspecified atom stereocenters.